The Hall–Kier alpha value is -3.03. The van der Waals surface area contributed by atoms with Crippen LogP contribution in [0.3, 0.4) is 0 Å². The Bertz CT molecular complexity index is 910. The number of methoxy groups -OCH3 is 1. The summed E-state index contributed by atoms with van der Waals surface area (Å²) in [4.78, 5) is 22.6. The van der Waals surface area contributed by atoms with Gasteiger partial charge in [0, 0.05) is 24.5 Å². The number of hydrogen-bond donors (Lipinski definition) is 1. The second-order valence-corrected chi connectivity index (χ2v) is 7.74. The fraction of sp³-hybridized carbons (Fsp3) is 0.500. The molecule has 1 aromatic heterocycles. The highest BCUT2D eigenvalue weighted by Crippen LogP contribution is 2.41. The number of carbonyl (C=O) groups is 1. The van der Waals surface area contributed by atoms with Crippen LogP contribution in [-0.4, -0.2) is 46.1 Å². The quantitative estimate of drug-likeness (QED) is 0.607. The summed E-state index contributed by atoms with van der Waals surface area (Å²) in [7, 11) is 1.65. The minimum absolute atomic E-state index is 0.0259. The maximum Gasteiger partial charge on any atom is 0.249 e. The van der Waals surface area contributed by atoms with Crippen molar-refractivity contribution in [2.24, 2.45) is 4.99 Å². The fourth-order valence-corrected chi connectivity index (χ4v) is 3.92. The Morgan fingerprint density at radius 2 is 2.03 bits per heavy atom. The number of ether oxygens (including phenoxy) is 2. The number of amides is 1. The molecule has 8 heteroatoms. The van der Waals surface area contributed by atoms with Gasteiger partial charge in [0.25, 0.3) is 0 Å². The number of benzene rings is 1. The molecule has 1 amide bonds. The Balaban J connectivity index is 1.26. The average Bonchev–Trinajstić information content (AvgIpc) is 3.36. The van der Waals surface area contributed by atoms with Gasteiger partial charge in [0.15, 0.2) is 11.5 Å². The van der Waals surface area contributed by atoms with Crippen molar-refractivity contribution in [3.8, 4) is 11.5 Å². The third-order valence-corrected chi connectivity index (χ3v) is 5.69. The third kappa shape index (κ3) is 4.27. The van der Waals surface area contributed by atoms with Crippen molar-refractivity contribution in [1.82, 2.24) is 19.8 Å². The molecule has 2 aromatic rings. The molecule has 3 heterocycles. The lowest BCUT2D eigenvalue weighted by molar-refractivity contribution is -0.121. The molecule has 160 valence electrons. The summed E-state index contributed by atoms with van der Waals surface area (Å²) in [5.74, 6) is 2.04. The highest BCUT2D eigenvalue weighted by molar-refractivity contribution is 6.07. The van der Waals surface area contributed by atoms with Gasteiger partial charge in [-0.2, -0.15) is 0 Å². The molecule has 4 rings (SSSR count). The van der Waals surface area contributed by atoms with E-state index < -0.39 is 0 Å². The van der Waals surface area contributed by atoms with E-state index in [4.69, 9.17) is 9.47 Å². The summed E-state index contributed by atoms with van der Waals surface area (Å²) < 4.78 is 13.8. The maximum atomic E-state index is 11.9. The molecule has 1 saturated heterocycles. The second kappa shape index (κ2) is 9.19. The minimum Gasteiger partial charge on any atom is -0.492 e. The molecule has 1 atom stereocenters. The van der Waals surface area contributed by atoms with Crippen molar-refractivity contribution in [3.63, 3.8) is 0 Å². The van der Waals surface area contributed by atoms with Gasteiger partial charge in [-0.25, -0.2) is 9.98 Å². The topological polar surface area (TPSA) is 81.0 Å². The van der Waals surface area contributed by atoms with Crippen molar-refractivity contribution < 1.29 is 14.3 Å². The largest absolute Gasteiger partial charge is 0.492 e. The Kier molecular flexibility index (Phi) is 6.21. The van der Waals surface area contributed by atoms with E-state index in [0.29, 0.717) is 24.9 Å². The number of hydrogen-bond acceptors (Lipinski definition) is 6. The van der Waals surface area contributed by atoms with E-state index in [1.165, 1.54) is 19.3 Å². The molecule has 0 bridgehead atoms. The van der Waals surface area contributed by atoms with Crippen LogP contribution in [-0.2, 0) is 17.9 Å². The van der Waals surface area contributed by atoms with E-state index in [2.05, 4.69) is 19.9 Å². The second-order valence-electron chi connectivity index (χ2n) is 7.74. The number of rotatable bonds is 10. The normalized spacial score (nSPS) is 17.3. The van der Waals surface area contributed by atoms with Crippen LogP contribution in [0.15, 0.2) is 35.8 Å². The number of aromatic nitrogens is 2. The van der Waals surface area contributed by atoms with Crippen LogP contribution in [0.25, 0.3) is 0 Å². The van der Waals surface area contributed by atoms with Crippen LogP contribution in [0.1, 0.15) is 44.6 Å². The third-order valence-electron chi connectivity index (χ3n) is 5.69. The Labute approximate surface area is 176 Å². The minimum atomic E-state index is -0.236. The van der Waals surface area contributed by atoms with Crippen molar-refractivity contribution in [3.05, 3.63) is 36.4 Å². The van der Waals surface area contributed by atoms with E-state index >= 15 is 0 Å². The zero-order chi connectivity index (χ0) is 20.9. The van der Waals surface area contributed by atoms with Crippen LogP contribution in [0.5, 0.6) is 11.5 Å². The van der Waals surface area contributed by atoms with Gasteiger partial charge in [-0.05, 0) is 31.9 Å². The van der Waals surface area contributed by atoms with Crippen LogP contribution in [0.2, 0.25) is 0 Å². The highest BCUT2D eigenvalue weighted by atomic mass is 16.5. The lowest BCUT2D eigenvalue weighted by Crippen LogP contribution is -2.35. The first kappa shape index (κ1) is 20.3. The van der Waals surface area contributed by atoms with Crippen molar-refractivity contribution in [1.29, 1.82) is 0 Å². The number of fused-ring (bicyclic) bond motifs is 2. The molecule has 1 aromatic carbocycles. The SMILES string of the molecule is COc1c(OCCCCCCCn2ccnc2)ccc2c1CN1C(=N2)NC(=O)C1C. The number of guanidine groups is 1. The number of nitrogens with zero attached hydrogens (tertiary/aromatic N) is 4. The van der Waals surface area contributed by atoms with Gasteiger partial charge in [0.2, 0.25) is 11.9 Å². The summed E-state index contributed by atoms with van der Waals surface area (Å²) >= 11 is 0. The van der Waals surface area contributed by atoms with Crippen LogP contribution in [0, 0.1) is 0 Å². The number of nitrogens with one attached hydrogen (secondary N) is 1. The first-order valence-corrected chi connectivity index (χ1v) is 10.6. The van der Waals surface area contributed by atoms with Gasteiger partial charge < -0.3 is 18.9 Å². The smallest absolute Gasteiger partial charge is 0.249 e. The summed E-state index contributed by atoms with van der Waals surface area (Å²) in [5, 5.41) is 2.83. The molecule has 1 unspecified atom stereocenters. The molecule has 30 heavy (non-hydrogen) atoms. The maximum absolute atomic E-state index is 11.9. The molecular formula is C22H29N5O3. The zero-order valence-electron chi connectivity index (χ0n) is 17.6. The van der Waals surface area contributed by atoms with E-state index in [-0.39, 0.29) is 11.9 Å². The summed E-state index contributed by atoms with van der Waals surface area (Å²) in [6, 6.07) is 3.60. The zero-order valence-corrected chi connectivity index (χ0v) is 17.6. The molecule has 1 N–H and O–H groups in total. The Morgan fingerprint density at radius 1 is 1.20 bits per heavy atom. The molecule has 8 nitrogen and oxygen atoms in total. The summed E-state index contributed by atoms with van der Waals surface area (Å²) in [6.07, 6.45) is 11.4. The van der Waals surface area contributed by atoms with Gasteiger partial charge in [-0.1, -0.05) is 19.3 Å². The summed E-state index contributed by atoms with van der Waals surface area (Å²) in [5.41, 5.74) is 1.78. The van der Waals surface area contributed by atoms with Crippen molar-refractivity contribution >= 4 is 17.6 Å². The lowest BCUT2D eigenvalue weighted by Gasteiger charge is -2.28. The average molecular weight is 412 g/mol. The van der Waals surface area contributed by atoms with E-state index in [9.17, 15) is 4.79 Å². The molecule has 2 aliphatic heterocycles. The van der Waals surface area contributed by atoms with E-state index in [1.54, 1.807) is 7.11 Å². The lowest BCUT2D eigenvalue weighted by atomic mass is 10.1. The van der Waals surface area contributed by atoms with Gasteiger partial charge in [0.05, 0.1) is 32.3 Å². The van der Waals surface area contributed by atoms with Gasteiger partial charge in [-0.15, -0.1) is 0 Å². The fourth-order valence-electron chi connectivity index (χ4n) is 3.92. The van der Waals surface area contributed by atoms with Crippen molar-refractivity contribution in [2.75, 3.05) is 13.7 Å². The first-order chi connectivity index (χ1) is 14.7. The summed E-state index contributed by atoms with van der Waals surface area (Å²) in [6.45, 7) is 4.14. The first-order valence-electron chi connectivity index (χ1n) is 10.6. The number of carbonyl (C=O) groups excluding carboxylic acids is 1. The predicted molar refractivity (Wildman–Crippen MR) is 114 cm³/mol. The molecule has 0 radical (unpaired) electrons. The van der Waals surface area contributed by atoms with Crippen molar-refractivity contribution in [2.45, 2.75) is 58.2 Å². The molecule has 1 fully saturated rings. The van der Waals surface area contributed by atoms with Gasteiger partial charge in [-0.3, -0.25) is 10.1 Å². The molecular weight excluding hydrogens is 382 g/mol. The van der Waals surface area contributed by atoms with Gasteiger partial charge in [0.1, 0.15) is 6.04 Å². The number of imidazole rings is 1. The van der Waals surface area contributed by atoms with E-state index in [0.717, 1.165) is 36.4 Å². The molecule has 0 aliphatic carbocycles. The molecule has 0 spiro atoms. The molecule has 0 saturated carbocycles. The van der Waals surface area contributed by atoms with Crippen LogP contribution >= 0.6 is 0 Å². The predicted octanol–water partition coefficient (Wildman–Crippen LogP) is 3.24. The standard InChI is InChI=1S/C22H29N5O3/c1-16-21(28)25-22-24-18-8-9-19(20(29-2)17(18)14-27(16)22)30-13-7-5-3-4-6-11-26-12-10-23-15-26/h8-10,12,15-16H,3-7,11,13-14H2,1-2H3,(H,24,25,28). The number of aryl methyl sites for hydroxylation is 1. The van der Waals surface area contributed by atoms with Gasteiger partial charge >= 0.3 is 0 Å². The molecule has 2 aliphatic rings. The van der Waals surface area contributed by atoms with Crippen LogP contribution < -0.4 is 14.8 Å². The Morgan fingerprint density at radius 3 is 2.83 bits per heavy atom. The van der Waals surface area contributed by atoms with E-state index in [1.807, 2.05) is 42.7 Å². The van der Waals surface area contributed by atoms with Crippen LogP contribution in [0.4, 0.5) is 5.69 Å². The number of unbranched alkanes of at least 4 members (excludes halogenated alkanes) is 4. The highest BCUT2D eigenvalue weighted by Gasteiger charge is 2.37. The number of aliphatic imine (C=N–C) groups is 1. The monoisotopic (exact) mass is 411 g/mol.